The molecule has 0 saturated carbocycles. The molecule has 2 aromatic carbocycles. The smallest absolute Gasteiger partial charge is 0.338 e. The first kappa shape index (κ1) is 17.7. The molecular weight excluding hydrogens is 376 g/mol. The molecule has 0 aliphatic rings. The van der Waals surface area contributed by atoms with Crippen LogP contribution < -0.4 is 10.9 Å². The van der Waals surface area contributed by atoms with Crippen LogP contribution in [0.3, 0.4) is 0 Å². The van der Waals surface area contributed by atoms with Crippen LogP contribution in [0, 0.1) is 0 Å². The SMILES string of the molecule is C[C@@H](OC(=O)c1ccc(Br)cc1)C(=O)NNC(=O)c1ccccc1. The largest absolute Gasteiger partial charge is 0.449 e. The van der Waals surface area contributed by atoms with E-state index in [1.807, 2.05) is 0 Å². The van der Waals surface area contributed by atoms with Crippen LogP contribution in [-0.2, 0) is 9.53 Å². The summed E-state index contributed by atoms with van der Waals surface area (Å²) in [6.45, 7) is 1.42. The van der Waals surface area contributed by atoms with Gasteiger partial charge in [-0.25, -0.2) is 4.79 Å². The van der Waals surface area contributed by atoms with E-state index in [0.29, 0.717) is 11.1 Å². The Labute approximate surface area is 147 Å². The van der Waals surface area contributed by atoms with Gasteiger partial charge in [0.1, 0.15) is 0 Å². The number of hydrogen-bond donors (Lipinski definition) is 2. The number of hydrazine groups is 1. The summed E-state index contributed by atoms with van der Waals surface area (Å²) >= 11 is 3.27. The Morgan fingerprint density at radius 1 is 0.917 bits per heavy atom. The van der Waals surface area contributed by atoms with Crippen molar-refractivity contribution >= 4 is 33.7 Å². The number of benzene rings is 2. The van der Waals surface area contributed by atoms with Gasteiger partial charge in [-0.05, 0) is 43.3 Å². The number of hydrogen-bond acceptors (Lipinski definition) is 4. The maximum absolute atomic E-state index is 11.9. The molecule has 124 valence electrons. The van der Waals surface area contributed by atoms with Crippen LogP contribution in [0.4, 0.5) is 0 Å². The number of ether oxygens (including phenoxy) is 1. The highest BCUT2D eigenvalue weighted by atomic mass is 79.9. The van der Waals surface area contributed by atoms with Gasteiger partial charge >= 0.3 is 5.97 Å². The fourth-order valence-corrected chi connectivity index (χ4v) is 2.01. The molecule has 0 aromatic heterocycles. The molecule has 1 atom stereocenters. The van der Waals surface area contributed by atoms with E-state index < -0.39 is 23.9 Å². The highest BCUT2D eigenvalue weighted by molar-refractivity contribution is 9.10. The lowest BCUT2D eigenvalue weighted by Gasteiger charge is -2.14. The van der Waals surface area contributed by atoms with Gasteiger partial charge < -0.3 is 4.74 Å². The highest BCUT2D eigenvalue weighted by Gasteiger charge is 2.19. The summed E-state index contributed by atoms with van der Waals surface area (Å²) in [4.78, 5) is 35.6. The van der Waals surface area contributed by atoms with Crippen molar-refractivity contribution < 1.29 is 19.1 Å². The van der Waals surface area contributed by atoms with Gasteiger partial charge in [0, 0.05) is 10.0 Å². The third-order valence-corrected chi connectivity index (χ3v) is 3.60. The van der Waals surface area contributed by atoms with Crippen LogP contribution in [0.1, 0.15) is 27.6 Å². The predicted octanol–water partition coefficient (Wildman–Crippen LogP) is 2.46. The Morgan fingerprint density at radius 3 is 2.17 bits per heavy atom. The van der Waals surface area contributed by atoms with Crippen molar-refractivity contribution in [3.8, 4) is 0 Å². The number of carbonyl (C=O) groups excluding carboxylic acids is 3. The first-order valence-electron chi connectivity index (χ1n) is 7.09. The molecule has 0 fully saturated rings. The average Bonchev–Trinajstić information content (AvgIpc) is 2.60. The monoisotopic (exact) mass is 390 g/mol. The Bertz CT molecular complexity index is 732. The van der Waals surface area contributed by atoms with Crippen LogP contribution in [0.5, 0.6) is 0 Å². The maximum Gasteiger partial charge on any atom is 0.338 e. The van der Waals surface area contributed by atoms with Crippen molar-refractivity contribution in [1.29, 1.82) is 0 Å². The van der Waals surface area contributed by atoms with Crippen molar-refractivity contribution in [2.75, 3.05) is 0 Å². The molecule has 2 rings (SSSR count). The van der Waals surface area contributed by atoms with E-state index in [0.717, 1.165) is 4.47 Å². The molecular formula is C17H15BrN2O4. The van der Waals surface area contributed by atoms with Crippen LogP contribution >= 0.6 is 15.9 Å². The molecule has 2 N–H and O–H groups in total. The number of carbonyl (C=O) groups is 3. The molecule has 0 unspecified atom stereocenters. The van der Waals surface area contributed by atoms with Gasteiger partial charge in [-0.3, -0.25) is 20.4 Å². The lowest BCUT2D eigenvalue weighted by Crippen LogP contribution is -2.46. The van der Waals surface area contributed by atoms with E-state index >= 15 is 0 Å². The van der Waals surface area contributed by atoms with Crippen molar-refractivity contribution in [3.63, 3.8) is 0 Å². The van der Waals surface area contributed by atoms with Crippen molar-refractivity contribution in [2.45, 2.75) is 13.0 Å². The lowest BCUT2D eigenvalue weighted by molar-refractivity contribution is -0.129. The van der Waals surface area contributed by atoms with Crippen LogP contribution in [0.15, 0.2) is 59.1 Å². The molecule has 2 aromatic rings. The molecule has 6 nitrogen and oxygen atoms in total. The first-order chi connectivity index (χ1) is 11.5. The fourth-order valence-electron chi connectivity index (χ4n) is 1.75. The Morgan fingerprint density at radius 2 is 1.54 bits per heavy atom. The number of halogens is 1. The second-order valence-corrected chi connectivity index (χ2v) is 5.78. The van der Waals surface area contributed by atoms with Gasteiger partial charge in [-0.2, -0.15) is 0 Å². The third kappa shape index (κ3) is 4.92. The van der Waals surface area contributed by atoms with E-state index in [2.05, 4.69) is 26.8 Å². The van der Waals surface area contributed by atoms with Crippen molar-refractivity contribution in [1.82, 2.24) is 10.9 Å². The van der Waals surface area contributed by atoms with Gasteiger partial charge in [0.05, 0.1) is 5.56 Å². The second kappa shape index (κ2) is 8.26. The van der Waals surface area contributed by atoms with E-state index in [1.165, 1.54) is 6.92 Å². The molecule has 0 radical (unpaired) electrons. The molecule has 24 heavy (non-hydrogen) atoms. The summed E-state index contributed by atoms with van der Waals surface area (Å²) < 4.78 is 5.89. The minimum atomic E-state index is -1.06. The zero-order valence-electron chi connectivity index (χ0n) is 12.8. The Hall–Kier alpha value is -2.67. The third-order valence-electron chi connectivity index (χ3n) is 3.07. The Kier molecular flexibility index (Phi) is 6.08. The topological polar surface area (TPSA) is 84.5 Å². The maximum atomic E-state index is 11.9. The van der Waals surface area contributed by atoms with Gasteiger partial charge in [-0.1, -0.05) is 34.1 Å². The van der Waals surface area contributed by atoms with Crippen molar-refractivity contribution in [2.24, 2.45) is 0 Å². The van der Waals surface area contributed by atoms with Gasteiger partial charge in [0.25, 0.3) is 11.8 Å². The summed E-state index contributed by atoms with van der Waals surface area (Å²) in [6.07, 6.45) is -1.06. The van der Waals surface area contributed by atoms with E-state index in [9.17, 15) is 14.4 Å². The molecule has 0 bridgehead atoms. The van der Waals surface area contributed by atoms with Crippen molar-refractivity contribution in [3.05, 3.63) is 70.2 Å². The van der Waals surface area contributed by atoms with E-state index in [-0.39, 0.29) is 0 Å². The minimum absolute atomic E-state index is 0.325. The normalized spacial score (nSPS) is 11.2. The van der Waals surface area contributed by atoms with E-state index in [4.69, 9.17) is 4.74 Å². The zero-order valence-corrected chi connectivity index (χ0v) is 14.4. The molecule has 0 saturated heterocycles. The molecule has 0 spiro atoms. The van der Waals surface area contributed by atoms with Crippen LogP contribution in [-0.4, -0.2) is 23.9 Å². The number of amides is 2. The zero-order chi connectivity index (χ0) is 17.5. The van der Waals surface area contributed by atoms with E-state index in [1.54, 1.807) is 54.6 Å². The second-order valence-electron chi connectivity index (χ2n) is 4.86. The molecule has 0 heterocycles. The summed E-state index contributed by atoms with van der Waals surface area (Å²) in [7, 11) is 0. The average molecular weight is 391 g/mol. The summed E-state index contributed by atoms with van der Waals surface area (Å²) in [5, 5.41) is 0. The summed E-state index contributed by atoms with van der Waals surface area (Å²) in [5.74, 6) is -1.72. The summed E-state index contributed by atoms with van der Waals surface area (Å²) in [5.41, 5.74) is 5.21. The highest BCUT2D eigenvalue weighted by Crippen LogP contribution is 2.12. The molecule has 0 aliphatic heterocycles. The standard InChI is InChI=1S/C17H15BrN2O4/c1-11(24-17(23)13-7-9-14(18)10-8-13)15(21)19-20-16(22)12-5-3-2-4-6-12/h2-11H,1H3,(H,19,21)(H,20,22)/t11-/m1/s1. The van der Waals surface area contributed by atoms with Gasteiger partial charge in [-0.15, -0.1) is 0 Å². The number of nitrogens with one attached hydrogen (secondary N) is 2. The lowest BCUT2D eigenvalue weighted by atomic mass is 10.2. The first-order valence-corrected chi connectivity index (χ1v) is 7.88. The van der Waals surface area contributed by atoms with Crippen LogP contribution in [0.2, 0.25) is 0 Å². The Balaban J connectivity index is 1.84. The van der Waals surface area contributed by atoms with Gasteiger partial charge in [0.15, 0.2) is 6.10 Å². The number of esters is 1. The summed E-state index contributed by atoms with van der Waals surface area (Å²) in [6, 6.07) is 15.0. The quantitative estimate of drug-likeness (QED) is 0.620. The number of rotatable bonds is 4. The van der Waals surface area contributed by atoms with Gasteiger partial charge in [0.2, 0.25) is 0 Å². The molecule has 0 aliphatic carbocycles. The molecule has 7 heteroatoms. The molecule has 2 amide bonds. The van der Waals surface area contributed by atoms with Crippen LogP contribution in [0.25, 0.3) is 0 Å². The predicted molar refractivity (Wildman–Crippen MR) is 91.1 cm³/mol. The minimum Gasteiger partial charge on any atom is -0.449 e. The fraction of sp³-hybridized carbons (Fsp3) is 0.118.